The van der Waals surface area contributed by atoms with Crippen LogP contribution >= 0.6 is 0 Å². The first-order chi connectivity index (χ1) is 5.95. The maximum Gasteiger partial charge on any atom is 0.181 e. The van der Waals surface area contributed by atoms with Gasteiger partial charge in [-0.05, 0) is 6.92 Å². The lowest BCUT2D eigenvalue weighted by atomic mass is 9.95. The first-order valence-corrected chi connectivity index (χ1v) is 4.01. The second-order valence-corrected chi connectivity index (χ2v) is 3.19. The number of hydrogen-bond donors (Lipinski definition) is 5. The molecule has 0 aromatic rings. The maximum atomic E-state index is 9.24. The average molecular weight is 194 g/mol. The molecular weight excluding hydrogens is 180 g/mol. The van der Waals surface area contributed by atoms with Crippen LogP contribution in [0.3, 0.4) is 0 Å². The molecule has 0 saturated carbocycles. The van der Waals surface area contributed by atoms with E-state index < -0.39 is 36.8 Å². The van der Waals surface area contributed by atoms with E-state index in [1.54, 1.807) is 0 Å². The maximum absolute atomic E-state index is 9.24. The van der Waals surface area contributed by atoms with E-state index in [0.717, 1.165) is 0 Å². The van der Waals surface area contributed by atoms with Gasteiger partial charge in [-0.15, -0.1) is 0 Å². The SMILES string of the molecule is C[C@@H]1OC(C(O)O)C(O)C(O)C1O. The predicted octanol–water partition coefficient (Wildman–Crippen LogP) is -2.83. The second-order valence-electron chi connectivity index (χ2n) is 3.19. The zero-order valence-corrected chi connectivity index (χ0v) is 7.11. The van der Waals surface area contributed by atoms with E-state index in [2.05, 4.69) is 0 Å². The molecule has 0 amide bonds. The van der Waals surface area contributed by atoms with Crippen LogP contribution in [0.4, 0.5) is 0 Å². The summed E-state index contributed by atoms with van der Waals surface area (Å²) in [4.78, 5) is 0. The van der Waals surface area contributed by atoms with Crippen molar-refractivity contribution in [1.29, 1.82) is 0 Å². The fourth-order valence-corrected chi connectivity index (χ4v) is 1.33. The van der Waals surface area contributed by atoms with Crippen molar-refractivity contribution in [1.82, 2.24) is 0 Å². The van der Waals surface area contributed by atoms with E-state index in [1.807, 2.05) is 0 Å². The fraction of sp³-hybridized carbons (Fsp3) is 1.00. The average Bonchev–Trinajstić information content (AvgIpc) is 2.07. The molecule has 6 heteroatoms. The van der Waals surface area contributed by atoms with Gasteiger partial charge in [0.15, 0.2) is 6.29 Å². The lowest BCUT2D eigenvalue weighted by Gasteiger charge is -2.39. The lowest BCUT2D eigenvalue weighted by molar-refractivity contribution is -0.269. The molecule has 1 saturated heterocycles. The normalized spacial score (nSPS) is 46.8. The van der Waals surface area contributed by atoms with Gasteiger partial charge in [-0.3, -0.25) is 0 Å². The first-order valence-electron chi connectivity index (χ1n) is 4.01. The zero-order valence-electron chi connectivity index (χ0n) is 7.11. The van der Waals surface area contributed by atoms with Crippen LogP contribution in [0, 0.1) is 0 Å². The van der Waals surface area contributed by atoms with Gasteiger partial charge in [-0.2, -0.15) is 0 Å². The van der Waals surface area contributed by atoms with Crippen LogP contribution in [-0.2, 0) is 4.74 Å². The van der Waals surface area contributed by atoms with Gasteiger partial charge in [0.05, 0.1) is 6.10 Å². The van der Waals surface area contributed by atoms with E-state index in [1.165, 1.54) is 6.92 Å². The summed E-state index contributed by atoms with van der Waals surface area (Å²) in [5.74, 6) is 0. The lowest BCUT2D eigenvalue weighted by Crippen LogP contribution is -2.59. The highest BCUT2D eigenvalue weighted by molar-refractivity contribution is 4.91. The summed E-state index contributed by atoms with van der Waals surface area (Å²) in [5.41, 5.74) is 0. The van der Waals surface area contributed by atoms with E-state index in [0.29, 0.717) is 0 Å². The monoisotopic (exact) mass is 194 g/mol. The minimum Gasteiger partial charge on any atom is -0.388 e. The molecule has 0 spiro atoms. The molecule has 0 bridgehead atoms. The number of rotatable bonds is 1. The molecule has 5 atom stereocenters. The Balaban J connectivity index is 2.70. The molecule has 1 aliphatic heterocycles. The van der Waals surface area contributed by atoms with Gasteiger partial charge in [0.1, 0.15) is 24.4 Å². The molecule has 13 heavy (non-hydrogen) atoms. The summed E-state index contributed by atoms with van der Waals surface area (Å²) < 4.78 is 4.88. The summed E-state index contributed by atoms with van der Waals surface area (Å²) >= 11 is 0. The molecule has 1 heterocycles. The molecule has 0 aliphatic carbocycles. The molecule has 0 aromatic heterocycles. The Hall–Kier alpha value is -0.240. The van der Waals surface area contributed by atoms with Gasteiger partial charge in [0.25, 0.3) is 0 Å². The second kappa shape index (κ2) is 3.87. The summed E-state index contributed by atoms with van der Waals surface area (Å²) in [6.45, 7) is 1.47. The Labute approximate surface area is 75.0 Å². The predicted molar refractivity (Wildman–Crippen MR) is 40.6 cm³/mol. The van der Waals surface area contributed by atoms with Crippen molar-refractivity contribution in [2.75, 3.05) is 0 Å². The van der Waals surface area contributed by atoms with Crippen LogP contribution in [-0.4, -0.2) is 62.3 Å². The molecule has 1 fully saturated rings. The van der Waals surface area contributed by atoms with Gasteiger partial charge in [0, 0.05) is 0 Å². The molecule has 78 valence electrons. The van der Waals surface area contributed by atoms with Crippen LogP contribution < -0.4 is 0 Å². The van der Waals surface area contributed by atoms with Gasteiger partial charge < -0.3 is 30.3 Å². The number of aliphatic hydroxyl groups is 5. The van der Waals surface area contributed by atoms with Crippen molar-refractivity contribution in [3.63, 3.8) is 0 Å². The molecule has 0 radical (unpaired) electrons. The fourth-order valence-electron chi connectivity index (χ4n) is 1.33. The van der Waals surface area contributed by atoms with Crippen LogP contribution in [0.1, 0.15) is 6.92 Å². The highest BCUT2D eigenvalue weighted by Gasteiger charge is 2.44. The molecule has 0 aromatic carbocycles. The smallest absolute Gasteiger partial charge is 0.181 e. The third kappa shape index (κ3) is 1.98. The molecule has 1 aliphatic rings. The number of ether oxygens (including phenoxy) is 1. The summed E-state index contributed by atoms with van der Waals surface area (Å²) in [5, 5.41) is 45.2. The molecule has 1 rings (SSSR count). The standard InChI is InChI=1S/C7H14O6/c1-2-3(8)4(9)5(10)6(13-2)7(11)12/h2-12H,1H3/t2-,3?,4?,5?,6?/m0/s1. The van der Waals surface area contributed by atoms with Crippen LogP contribution in [0.15, 0.2) is 0 Å². The molecule has 5 N–H and O–H groups in total. The van der Waals surface area contributed by atoms with Gasteiger partial charge in [0.2, 0.25) is 0 Å². The molecule has 6 nitrogen and oxygen atoms in total. The van der Waals surface area contributed by atoms with Crippen molar-refractivity contribution < 1.29 is 30.3 Å². The summed E-state index contributed by atoms with van der Waals surface area (Å²) in [6.07, 6.45) is -8.04. The van der Waals surface area contributed by atoms with Crippen molar-refractivity contribution in [2.45, 2.75) is 43.7 Å². The van der Waals surface area contributed by atoms with Crippen LogP contribution in [0.5, 0.6) is 0 Å². The quantitative estimate of drug-likeness (QED) is 0.288. The van der Waals surface area contributed by atoms with E-state index in [-0.39, 0.29) is 0 Å². The Morgan fingerprint density at radius 3 is 2.00 bits per heavy atom. The number of hydrogen-bond acceptors (Lipinski definition) is 6. The molecule has 4 unspecified atom stereocenters. The largest absolute Gasteiger partial charge is 0.388 e. The Kier molecular flexibility index (Phi) is 3.23. The van der Waals surface area contributed by atoms with Gasteiger partial charge >= 0.3 is 0 Å². The van der Waals surface area contributed by atoms with Crippen LogP contribution in [0.2, 0.25) is 0 Å². The minimum absolute atomic E-state index is 0.745. The van der Waals surface area contributed by atoms with Crippen molar-refractivity contribution in [3.05, 3.63) is 0 Å². The van der Waals surface area contributed by atoms with E-state index in [9.17, 15) is 15.3 Å². The van der Waals surface area contributed by atoms with Gasteiger partial charge in [-0.25, -0.2) is 0 Å². The van der Waals surface area contributed by atoms with Crippen molar-refractivity contribution in [2.24, 2.45) is 0 Å². The van der Waals surface area contributed by atoms with E-state index in [4.69, 9.17) is 14.9 Å². The Morgan fingerprint density at radius 1 is 1.00 bits per heavy atom. The minimum atomic E-state index is -1.88. The zero-order chi connectivity index (χ0) is 10.2. The highest BCUT2D eigenvalue weighted by atomic mass is 16.6. The van der Waals surface area contributed by atoms with E-state index >= 15 is 0 Å². The van der Waals surface area contributed by atoms with Crippen LogP contribution in [0.25, 0.3) is 0 Å². The summed E-state index contributed by atoms with van der Waals surface area (Å²) in [7, 11) is 0. The van der Waals surface area contributed by atoms with Gasteiger partial charge in [-0.1, -0.05) is 0 Å². The Bertz CT molecular complexity index is 172. The highest BCUT2D eigenvalue weighted by Crippen LogP contribution is 2.22. The first kappa shape index (κ1) is 10.8. The summed E-state index contributed by atoms with van der Waals surface area (Å²) in [6, 6.07) is 0. The topological polar surface area (TPSA) is 110 Å². The van der Waals surface area contributed by atoms with Crippen molar-refractivity contribution >= 4 is 0 Å². The third-order valence-corrected chi connectivity index (χ3v) is 2.18. The Morgan fingerprint density at radius 2 is 1.54 bits per heavy atom. The molecular formula is C7H14O6. The third-order valence-electron chi connectivity index (χ3n) is 2.18. The van der Waals surface area contributed by atoms with Crippen molar-refractivity contribution in [3.8, 4) is 0 Å². The number of aliphatic hydroxyl groups excluding tert-OH is 4.